The molecule has 0 bridgehead atoms. The molecule has 3 rings (SSSR count). The second-order valence-corrected chi connectivity index (χ2v) is 6.80. The van der Waals surface area contributed by atoms with Crippen LogP contribution < -0.4 is 10.2 Å². The van der Waals surface area contributed by atoms with E-state index >= 15 is 0 Å². The Hall–Kier alpha value is -0.540. The maximum absolute atomic E-state index is 3.76. The van der Waals surface area contributed by atoms with Gasteiger partial charge in [-0.1, -0.05) is 28.9 Å². The number of hydrogen-bond donors (Lipinski definition) is 1. The summed E-state index contributed by atoms with van der Waals surface area (Å²) in [6.45, 7) is 6.81. The van der Waals surface area contributed by atoms with Crippen molar-refractivity contribution < 1.29 is 0 Å². The largest absolute Gasteiger partial charge is 0.365 e. The molecule has 1 aromatic rings. The first-order chi connectivity index (χ1) is 9.20. The Labute approximate surface area is 124 Å². The average molecular weight is 323 g/mol. The van der Waals surface area contributed by atoms with Gasteiger partial charge in [0, 0.05) is 35.3 Å². The van der Waals surface area contributed by atoms with E-state index in [1.807, 2.05) is 0 Å². The Morgan fingerprint density at radius 2 is 2.16 bits per heavy atom. The van der Waals surface area contributed by atoms with Crippen LogP contribution in [0.1, 0.15) is 31.7 Å². The molecule has 0 aromatic heterocycles. The molecule has 1 saturated heterocycles. The number of rotatable bonds is 3. The van der Waals surface area contributed by atoms with Crippen LogP contribution in [0, 0.1) is 12.8 Å². The summed E-state index contributed by atoms with van der Waals surface area (Å²) in [5.41, 5.74) is 2.78. The zero-order valence-electron chi connectivity index (χ0n) is 11.8. The molecule has 0 spiro atoms. The molecule has 1 saturated carbocycles. The minimum absolute atomic E-state index is 0.628. The summed E-state index contributed by atoms with van der Waals surface area (Å²) in [6, 6.07) is 7.90. The van der Waals surface area contributed by atoms with E-state index in [2.05, 4.69) is 58.2 Å². The van der Waals surface area contributed by atoms with Crippen LogP contribution >= 0.6 is 15.9 Å². The van der Waals surface area contributed by atoms with Gasteiger partial charge >= 0.3 is 0 Å². The highest BCUT2D eigenvalue weighted by molar-refractivity contribution is 9.10. The fourth-order valence-electron chi connectivity index (χ4n) is 3.20. The second-order valence-electron chi connectivity index (χ2n) is 5.95. The SMILES string of the molecule is CCC1CNC(C2CC2)CN1c1cccc(Br)c1C. The van der Waals surface area contributed by atoms with Crippen molar-refractivity contribution in [2.75, 3.05) is 18.0 Å². The molecule has 104 valence electrons. The van der Waals surface area contributed by atoms with E-state index in [9.17, 15) is 0 Å². The van der Waals surface area contributed by atoms with Gasteiger partial charge in [-0.25, -0.2) is 0 Å². The quantitative estimate of drug-likeness (QED) is 0.912. The number of nitrogens with zero attached hydrogens (tertiary/aromatic N) is 1. The zero-order valence-corrected chi connectivity index (χ0v) is 13.4. The van der Waals surface area contributed by atoms with E-state index < -0.39 is 0 Å². The summed E-state index contributed by atoms with van der Waals surface area (Å²) < 4.78 is 1.22. The average Bonchev–Trinajstić information content (AvgIpc) is 3.26. The maximum Gasteiger partial charge on any atom is 0.0412 e. The molecule has 0 radical (unpaired) electrons. The molecule has 19 heavy (non-hydrogen) atoms. The summed E-state index contributed by atoms with van der Waals surface area (Å²) in [4.78, 5) is 2.64. The zero-order chi connectivity index (χ0) is 13.4. The van der Waals surface area contributed by atoms with E-state index in [1.54, 1.807) is 0 Å². The van der Waals surface area contributed by atoms with Crippen molar-refractivity contribution in [1.29, 1.82) is 0 Å². The van der Waals surface area contributed by atoms with Gasteiger partial charge in [0.2, 0.25) is 0 Å². The van der Waals surface area contributed by atoms with E-state index in [1.165, 1.54) is 41.5 Å². The van der Waals surface area contributed by atoms with Crippen molar-refractivity contribution >= 4 is 21.6 Å². The molecular weight excluding hydrogens is 300 g/mol. The fraction of sp³-hybridized carbons (Fsp3) is 0.625. The van der Waals surface area contributed by atoms with Crippen molar-refractivity contribution in [3.8, 4) is 0 Å². The lowest BCUT2D eigenvalue weighted by atomic mass is 10.0. The Kier molecular flexibility index (Phi) is 3.86. The van der Waals surface area contributed by atoms with Crippen LogP contribution in [0.4, 0.5) is 5.69 Å². The molecule has 1 N–H and O–H groups in total. The van der Waals surface area contributed by atoms with Gasteiger partial charge in [-0.05, 0) is 49.8 Å². The standard InChI is InChI=1S/C16H23BrN2/c1-3-13-9-18-15(12-7-8-12)10-19(13)16-6-4-5-14(17)11(16)2/h4-6,12-13,15,18H,3,7-10H2,1-2H3. The summed E-state index contributed by atoms with van der Waals surface area (Å²) >= 11 is 3.67. The smallest absolute Gasteiger partial charge is 0.0412 e. The molecule has 2 nitrogen and oxygen atoms in total. The predicted molar refractivity (Wildman–Crippen MR) is 84.8 cm³/mol. The van der Waals surface area contributed by atoms with Crippen molar-refractivity contribution in [2.45, 2.75) is 45.2 Å². The maximum atomic E-state index is 3.76. The molecule has 2 atom stereocenters. The number of halogens is 1. The monoisotopic (exact) mass is 322 g/mol. The molecule has 2 aliphatic rings. The first-order valence-electron chi connectivity index (χ1n) is 7.45. The summed E-state index contributed by atoms with van der Waals surface area (Å²) in [5.74, 6) is 0.924. The third-order valence-corrected chi connectivity index (χ3v) is 5.52. The van der Waals surface area contributed by atoms with Gasteiger partial charge in [0.05, 0.1) is 0 Å². The highest BCUT2D eigenvalue weighted by Crippen LogP contribution is 2.37. The van der Waals surface area contributed by atoms with Crippen molar-refractivity contribution in [2.24, 2.45) is 5.92 Å². The van der Waals surface area contributed by atoms with Crippen LogP contribution in [-0.4, -0.2) is 25.2 Å². The molecule has 3 heteroatoms. The lowest BCUT2D eigenvalue weighted by Gasteiger charge is -2.42. The minimum Gasteiger partial charge on any atom is -0.365 e. The normalized spacial score (nSPS) is 27.6. The number of benzene rings is 1. The van der Waals surface area contributed by atoms with Gasteiger partial charge in [0.25, 0.3) is 0 Å². The number of piperazine rings is 1. The minimum atomic E-state index is 0.628. The Morgan fingerprint density at radius 1 is 1.37 bits per heavy atom. The van der Waals surface area contributed by atoms with E-state index in [-0.39, 0.29) is 0 Å². The third-order valence-electron chi connectivity index (χ3n) is 4.66. The molecular formula is C16H23BrN2. The van der Waals surface area contributed by atoms with Crippen LogP contribution in [0.5, 0.6) is 0 Å². The van der Waals surface area contributed by atoms with E-state index in [4.69, 9.17) is 0 Å². The van der Waals surface area contributed by atoms with Gasteiger partial charge < -0.3 is 10.2 Å². The number of nitrogens with one attached hydrogen (secondary N) is 1. The summed E-state index contributed by atoms with van der Waals surface area (Å²) in [7, 11) is 0. The third kappa shape index (κ3) is 2.68. The van der Waals surface area contributed by atoms with Gasteiger partial charge in [0.1, 0.15) is 0 Å². The van der Waals surface area contributed by atoms with Gasteiger partial charge in [0.15, 0.2) is 0 Å². The molecule has 0 amide bonds. The lowest BCUT2D eigenvalue weighted by molar-refractivity contribution is 0.359. The second kappa shape index (κ2) is 5.45. The molecule has 1 heterocycles. The first-order valence-corrected chi connectivity index (χ1v) is 8.25. The van der Waals surface area contributed by atoms with Crippen molar-refractivity contribution in [1.82, 2.24) is 5.32 Å². The lowest BCUT2D eigenvalue weighted by Crippen LogP contribution is -2.57. The Morgan fingerprint density at radius 3 is 2.84 bits per heavy atom. The van der Waals surface area contributed by atoms with Crippen LogP contribution in [-0.2, 0) is 0 Å². The van der Waals surface area contributed by atoms with Gasteiger partial charge in [-0.2, -0.15) is 0 Å². The number of hydrogen-bond acceptors (Lipinski definition) is 2. The van der Waals surface area contributed by atoms with Crippen LogP contribution in [0.2, 0.25) is 0 Å². The van der Waals surface area contributed by atoms with Gasteiger partial charge in [-0.3, -0.25) is 0 Å². The van der Waals surface area contributed by atoms with Crippen molar-refractivity contribution in [3.63, 3.8) is 0 Å². The molecule has 1 aliphatic heterocycles. The molecule has 1 aromatic carbocycles. The predicted octanol–water partition coefficient (Wildman–Crippen LogP) is 3.72. The highest BCUT2D eigenvalue weighted by Gasteiger charge is 2.37. The molecule has 2 unspecified atom stereocenters. The van der Waals surface area contributed by atoms with Gasteiger partial charge in [-0.15, -0.1) is 0 Å². The van der Waals surface area contributed by atoms with E-state index in [0.29, 0.717) is 12.1 Å². The first kappa shape index (κ1) is 13.4. The molecule has 2 fully saturated rings. The van der Waals surface area contributed by atoms with Crippen molar-refractivity contribution in [3.05, 3.63) is 28.2 Å². The fourth-order valence-corrected chi connectivity index (χ4v) is 3.56. The molecule has 1 aliphatic carbocycles. The van der Waals surface area contributed by atoms with E-state index in [0.717, 1.165) is 12.5 Å². The Bertz CT molecular complexity index is 456. The highest BCUT2D eigenvalue weighted by atomic mass is 79.9. The topological polar surface area (TPSA) is 15.3 Å². The van der Waals surface area contributed by atoms with Crippen LogP contribution in [0.25, 0.3) is 0 Å². The summed E-state index contributed by atoms with van der Waals surface area (Å²) in [6.07, 6.45) is 4.04. The number of anilines is 1. The summed E-state index contributed by atoms with van der Waals surface area (Å²) in [5, 5.41) is 3.76. The van der Waals surface area contributed by atoms with Crippen LogP contribution in [0.15, 0.2) is 22.7 Å². The Balaban J connectivity index is 1.87. The van der Waals surface area contributed by atoms with Crippen LogP contribution in [0.3, 0.4) is 0 Å².